The molecule has 94 valence electrons. The number of phenols is 1. The molecule has 1 unspecified atom stereocenters. The van der Waals surface area contributed by atoms with Gasteiger partial charge in [-0.2, -0.15) is 5.10 Å². The quantitative estimate of drug-likeness (QED) is 0.804. The van der Waals surface area contributed by atoms with Crippen LogP contribution in [0.25, 0.3) is 0 Å². The van der Waals surface area contributed by atoms with E-state index in [4.69, 9.17) is 0 Å². The Morgan fingerprint density at radius 2 is 2.28 bits per heavy atom. The Morgan fingerprint density at radius 1 is 1.50 bits per heavy atom. The summed E-state index contributed by atoms with van der Waals surface area (Å²) in [6.07, 6.45) is 2.88. The highest BCUT2D eigenvalue weighted by atomic mass is 16.3. The molecule has 0 aliphatic heterocycles. The van der Waals surface area contributed by atoms with Crippen molar-refractivity contribution in [1.82, 2.24) is 14.8 Å². The van der Waals surface area contributed by atoms with Crippen LogP contribution in [0, 0.1) is 6.92 Å². The molecule has 2 rings (SSSR count). The number of rotatable bonds is 3. The molecule has 0 saturated carbocycles. The summed E-state index contributed by atoms with van der Waals surface area (Å²) in [5.74, 6) is -0.0101. The van der Waals surface area contributed by atoms with Crippen LogP contribution in [0.4, 0.5) is 5.69 Å². The molecular formula is C12H14N4O2. The highest BCUT2D eigenvalue weighted by Crippen LogP contribution is 2.21. The van der Waals surface area contributed by atoms with E-state index < -0.39 is 6.04 Å². The lowest BCUT2D eigenvalue weighted by atomic mass is 10.2. The van der Waals surface area contributed by atoms with Crippen LogP contribution in [0.15, 0.2) is 30.9 Å². The van der Waals surface area contributed by atoms with Crippen molar-refractivity contribution in [3.63, 3.8) is 0 Å². The minimum atomic E-state index is -0.444. The number of amides is 1. The second kappa shape index (κ2) is 4.87. The van der Waals surface area contributed by atoms with E-state index in [-0.39, 0.29) is 11.7 Å². The van der Waals surface area contributed by atoms with Gasteiger partial charge in [-0.25, -0.2) is 9.67 Å². The van der Waals surface area contributed by atoms with E-state index in [1.807, 2.05) is 6.92 Å². The minimum absolute atomic E-state index is 0.176. The zero-order chi connectivity index (χ0) is 13.1. The first-order valence-corrected chi connectivity index (χ1v) is 5.52. The molecule has 0 saturated heterocycles. The first-order chi connectivity index (χ1) is 8.58. The number of aromatic hydroxyl groups is 1. The van der Waals surface area contributed by atoms with Gasteiger partial charge in [0.05, 0.1) is 0 Å². The summed E-state index contributed by atoms with van der Waals surface area (Å²) < 4.78 is 1.48. The van der Waals surface area contributed by atoms with Gasteiger partial charge in [-0.15, -0.1) is 0 Å². The number of carbonyl (C=O) groups excluding carboxylic acids is 1. The molecular weight excluding hydrogens is 232 g/mol. The van der Waals surface area contributed by atoms with Crippen LogP contribution in [0.1, 0.15) is 18.5 Å². The predicted octanol–water partition coefficient (Wildman–Crippen LogP) is 1.49. The molecule has 1 atom stereocenters. The van der Waals surface area contributed by atoms with Crippen LogP contribution in [0.3, 0.4) is 0 Å². The zero-order valence-corrected chi connectivity index (χ0v) is 10.2. The first kappa shape index (κ1) is 12.1. The monoisotopic (exact) mass is 246 g/mol. The molecule has 0 aliphatic rings. The van der Waals surface area contributed by atoms with E-state index in [2.05, 4.69) is 15.4 Å². The van der Waals surface area contributed by atoms with Crippen molar-refractivity contribution >= 4 is 11.6 Å². The number of aromatic nitrogens is 3. The minimum Gasteiger partial charge on any atom is -0.508 e. The van der Waals surface area contributed by atoms with Gasteiger partial charge < -0.3 is 10.4 Å². The third-order valence-corrected chi connectivity index (χ3v) is 2.68. The predicted molar refractivity (Wildman–Crippen MR) is 66.2 cm³/mol. The molecule has 0 spiro atoms. The highest BCUT2D eigenvalue weighted by molar-refractivity contribution is 5.94. The van der Waals surface area contributed by atoms with Crippen molar-refractivity contribution in [3.05, 3.63) is 36.4 Å². The lowest BCUT2D eigenvalue weighted by Gasteiger charge is -2.13. The van der Waals surface area contributed by atoms with Gasteiger partial charge in [0, 0.05) is 5.69 Å². The van der Waals surface area contributed by atoms with Gasteiger partial charge >= 0.3 is 0 Å². The Labute approximate surface area is 104 Å². The summed E-state index contributed by atoms with van der Waals surface area (Å²) >= 11 is 0. The molecule has 0 fully saturated rings. The number of carbonyl (C=O) groups is 1. The lowest BCUT2D eigenvalue weighted by Crippen LogP contribution is -2.24. The average molecular weight is 246 g/mol. The maximum absolute atomic E-state index is 12.0. The molecule has 2 aromatic rings. The van der Waals surface area contributed by atoms with E-state index in [0.717, 1.165) is 5.56 Å². The second-order valence-corrected chi connectivity index (χ2v) is 4.04. The molecule has 1 aromatic carbocycles. The van der Waals surface area contributed by atoms with Gasteiger partial charge in [-0.1, -0.05) is 0 Å². The molecule has 1 aromatic heterocycles. The van der Waals surface area contributed by atoms with E-state index in [9.17, 15) is 9.90 Å². The van der Waals surface area contributed by atoms with Crippen LogP contribution in [-0.4, -0.2) is 25.8 Å². The summed E-state index contributed by atoms with van der Waals surface area (Å²) in [5.41, 5.74) is 1.47. The van der Waals surface area contributed by atoms with Crippen molar-refractivity contribution in [3.8, 4) is 5.75 Å². The van der Waals surface area contributed by atoms with E-state index in [1.165, 1.54) is 23.4 Å². The smallest absolute Gasteiger partial charge is 0.249 e. The maximum atomic E-state index is 12.0. The van der Waals surface area contributed by atoms with E-state index >= 15 is 0 Å². The fourth-order valence-electron chi connectivity index (χ4n) is 1.56. The third kappa shape index (κ3) is 2.48. The first-order valence-electron chi connectivity index (χ1n) is 5.52. The molecule has 1 amide bonds. The van der Waals surface area contributed by atoms with Crippen molar-refractivity contribution < 1.29 is 9.90 Å². The summed E-state index contributed by atoms with van der Waals surface area (Å²) in [6.45, 7) is 3.55. The summed E-state index contributed by atoms with van der Waals surface area (Å²) in [6, 6.07) is 4.34. The number of nitrogens with one attached hydrogen (secondary N) is 1. The molecule has 18 heavy (non-hydrogen) atoms. The Kier molecular flexibility index (Phi) is 3.27. The molecule has 0 radical (unpaired) electrons. The van der Waals surface area contributed by atoms with Gasteiger partial charge in [0.25, 0.3) is 0 Å². The molecule has 2 N–H and O–H groups in total. The summed E-state index contributed by atoms with van der Waals surface area (Å²) in [7, 11) is 0. The molecule has 0 aliphatic carbocycles. The van der Waals surface area contributed by atoms with E-state index in [1.54, 1.807) is 19.1 Å². The van der Waals surface area contributed by atoms with Crippen molar-refractivity contribution in [1.29, 1.82) is 0 Å². The standard InChI is InChI=1S/C12H14N4O2/c1-8-5-10(17)3-4-11(8)15-12(18)9(2)16-7-13-6-14-16/h3-7,9,17H,1-2H3,(H,15,18). The average Bonchev–Trinajstić information content (AvgIpc) is 2.85. The van der Waals surface area contributed by atoms with Crippen LogP contribution in [0.2, 0.25) is 0 Å². The van der Waals surface area contributed by atoms with Crippen LogP contribution >= 0.6 is 0 Å². The zero-order valence-electron chi connectivity index (χ0n) is 10.2. The van der Waals surface area contributed by atoms with Crippen LogP contribution < -0.4 is 5.32 Å². The highest BCUT2D eigenvalue weighted by Gasteiger charge is 2.16. The van der Waals surface area contributed by atoms with Crippen LogP contribution in [-0.2, 0) is 4.79 Å². The molecule has 6 heteroatoms. The van der Waals surface area contributed by atoms with Gasteiger partial charge in [0.2, 0.25) is 5.91 Å². The molecule has 6 nitrogen and oxygen atoms in total. The summed E-state index contributed by atoms with van der Waals surface area (Å²) in [5, 5.41) is 16.0. The van der Waals surface area contributed by atoms with Crippen molar-refractivity contribution in [2.24, 2.45) is 0 Å². The van der Waals surface area contributed by atoms with Gasteiger partial charge in [-0.3, -0.25) is 4.79 Å². The number of anilines is 1. The number of hydrogen-bond donors (Lipinski definition) is 2. The summed E-state index contributed by atoms with van der Waals surface area (Å²) in [4.78, 5) is 15.8. The Bertz CT molecular complexity index is 551. The number of phenolic OH excluding ortho intramolecular Hbond substituents is 1. The molecule has 1 heterocycles. The fourth-order valence-corrected chi connectivity index (χ4v) is 1.56. The fraction of sp³-hybridized carbons (Fsp3) is 0.250. The number of benzene rings is 1. The van der Waals surface area contributed by atoms with Gasteiger partial charge in [0.1, 0.15) is 24.4 Å². The Balaban J connectivity index is 2.12. The third-order valence-electron chi connectivity index (χ3n) is 2.68. The number of hydrogen-bond acceptors (Lipinski definition) is 4. The van der Waals surface area contributed by atoms with Gasteiger partial charge in [0.15, 0.2) is 0 Å². The van der Waals surface area contributed by atoms with E-state index in [0.29, 0.717) is 5.69 Å². The normalized spacial score (nSPS) is 12.1. The lowest BCUT2D eigenvalue weighted by molar-refractivity contribution is -0.119. The number of nitrogens with zero attached hydrogens (tertiary/aromatic N) is 3. The second-order valence-electron chi connectivity index (χ2n) is 4.04. The SMILES string of the molecule is Cc1cc(O)ccc1NC(=O)C(C)n1cncn1. The molecule has 0 bridgehead atoms. The maximum Gasteiger partial charge on any atom is 0.249 e. The number of aryl methyl sites for hydroxylation is 1. The Hall–Kier alpha value is -2.37. The topological polar surface area (TPSA) is 80.0 Å². The largest absolute Gasteiger partial charge is 0.508 e. The van der Waals surface area contributed by atoms with Gasteiger partial charge in [-0.05, 0) is 37.6 Å². The van der Waals surface area contributed by atoms with Crippen molar-refractivity contribution in [2.45, 2.75) is 19.9 Å². The Morgan fingerprint density at radius 3 is 2.89 bits per heavy atom. The van der Waals surface area contributed by atoms with Crippen molar-refractivity contribution in [2.75, 3.05) is 5.32 Å². The van der Waals surface area contributed by atoms with Crippen LogP contribution in [0.5, 0.6) is 5.75 Å².